The number of aryl methyl sites for hydroxylation is 1. The number of aliphatic carboxylic acids is 1. The number of nitrogens with one attached hydrogen (secondary N) is 1. The van der Waals surface area contributed by atoms with E-state index in [0.717, 1.165) is 4.90 Å². The molecule has 6 heteroatoms. The first kappa shape index (κ1) is 14.9. The number of amides is 2. The first-order valence-corrected chi connectivity index (χ1v) is 5.87. The number of nitrogens with zero attached hydrogens (tertiary/aromatic N) is 1. The van der Waals surface area contributed by atoms with Crippen molar-refractivity contribution in [3.63, 3.8) is 0 Å². The number of hydrogen-bond acceptors (Lipinski definition) is 2. The summed E-state index contributed by atoms with van der Waals surface area (Å²) < 4.78 is 13.3. The molecule has 1 aromatic carbocycles. The van der Waals surface area contributed by atoms with E-state index >= 15 is 0 Å². The number of carboxylic acids is 1. The predicted molar refractivity (Wildman–Crippen MR) is 69.6 cm³/mol. The van der Waals surface area contributed by atoms with Crippen molar-refractivity contribution >= 4 is 17.7 Å². The van der Waals surface area contributed by atoms with Crippen molar-refractivity contribution in [2.75, 3.05) is 11.9 Å². The van der Waals surface area contributed by atoms with E-state index in [4.69, 9.17) is 5.11 Å². The highest BCUT2D eigenvalue weighted by Crippen LogP contribution is 2.14. The number of carbonyl (C=O) groups excluding carboxylic acids is 1. The zero-order chi connectivity index (χ0) is 14.6. The Morgan fingerprint density at radius 1 is 1.42 bits per heavy atom. The van der Waals surface area contributed by atoms with Crippen LogP contribution in [0.25, 0.3) is 0 Å². The largest absolute Gasteiger partial charge is 0.480 e. The van der Waals surface area contributed by atoms with Crippen LogP contribution in [0.2, 0.25) is 0 Å². The van der Waals surface area contributed by atoms with Crippen molar-refractivity contribution in [1.82, 2.24) is 4.90 Å². The third-order valence-corrected chi connectivity index (χ3v) is 2.61. The second kappa shape index (κ2) is 6.17. The van der Waals surface area contributed by atoms with Crippen LogP contribution in [0.5, 0.6) is 0 Å². The van der Waals surface area contributed by atoms with Gasteiger partial charge in [-0.2, -0.15) is 0 Å². The smallest absolute Gasteiger partial charge is 0.323 e. The second-order valence-electron chi connectivity index (χ2n) is 4.51. The summed E-state index contributed by atoms with van der Waals surface area (Å²) in [6, 6.07) is 3.47. The molecule has 0 aliphatic heterocycles. The predicted octanol–water partition coefficient (Wildman–Crippen LogP) is 2.46. The van der Waals surface area contributed by atoms with E-state index in [1.54, 1.807) is 32.9 Å². The highest BCUT2D eigenvalue weighted by molar-refractivity contribution is 5.91. The molecule has 0 aliphatic carbocycles. The van der Waals surface area contributed by atoms with Gasteiger partial charge < -0.3 is 15.3 Å². The topological polar surface area (TPSA) is 69.6 Å². The summed E-state index contributed by atoms with van der Waals surface area (Å²) in [5.41, 5.74) is 0.772. The summed E-state index contributed by atoms with van der Waals surface area (Å²) in [5, 5.41) is 11.2. The zero-order valence-electron chi connectivity index (χ0n) is 11.1. The Morgan fingerprint density at radius 2 is 2.05 bits per heavy atom. The Labute approximate surface area is 111 Å². The van der Waals surface area contributed by atoms with Gasteiger partial charge in [-0.05, 0) is 38.5 Å². The number of hydrogen-bond donors (Lipinski definition) is 2. The molecule has 0 aliphatic rings. The Balaban J connectivity index is 2.81. The number of anilines is 1. The second-order valence-corrected chi connectivity index (χ2v) is 4.51. The maximum atomic E-state index is 13.3. The Hall–Kier alpha value is -2.11. The first-order valence-electron chi connectivity index (χ1n) is 5.87. The fourth-order valence-electron chi connectivity index (χ4n) is 1.50. The fraction of sp³-hybridized carbons (Fsp3) is 0.385. The number of urea groups is 1. The summed E-state index contributed by atoms with van der Waals surface area (Å²) in [6.07, 6.45) is 0. The SMILES string of the molecule is Cc1ccc(NC(=O)N(CC(=O)O)C(C)C)cc1F. The average Bonchev–Trinajstić information content (AvgIpc) is 2.30. The van der Waals surface area contributed by atoms with E-state index in [1.165, 1.54) is 6.07 Å². The first-order chi connectivity index (χ1) is 8.81. The third kappa shape index (κ3) is 4.24. The van der Waals surface area contributed by atoms with Crippen molar-refractivity contribution in [2.45, 2.75) is 26.8 Å². The molecule has 2 amide bonds. The van der Waals surface area contributed by atoms with Crippen LogP contribution in [0.15, 0.2) is 18.2 Å². The quantitative estimate of drug-likeness (QED) is 0.881. The molecule has 0 saturated heterocycles. The van der Waals surface area contributed by atoms with Crippen LogP contribution in [-0.2, 0) is 4.79 Å². The maximum absolute atomic E-state index is 13.3. The zero-order valence-corrected chi connectivity index (χ0v) is 11.1. The van der Waals surface area contributed by atoms with Gasteiger partial charge in [-0.3, -0.25) is 4.79 Å². The molecule has 1 aromatic rings. The van der Waals surface area contributed by atoms with E-state index < -0.39 is 24.4 Å². The fourth-order valence-corrected chi connectivity index (χ4v) is 1.50. The van der Waals surface area contributed by atoms with Crippen LogP contribution in [0, 0.1) is 12.7 Å². The van der Waals surface area contributed by atoms with Gasteiger partial charge in [0.15, 0.2) is 0 Å². The van der Waals surface area contributed by atoms with Crippen LogP contribution in [0.4, 0.5) is 14.9 Å². The van der Waals surface area contributed by atoms with Gasteiger partial charge in [-0.1, -0.05) is 6.07 Å². The molecule has 0 saturated carbocycles. The number of rotatable bonds is 4. The molecule has 0 heterocycles. The monoisotopic (exact) mass is 268 g/mol. The van der Waals surface area contributed by atoms with Crippen molar-refractivity contribution in [2.24, 2.45) is 0 Å². The molecule has 0 bridgehead atoms. The number of benzene rings is 1. The molecule has 104 valence electrons. The summed E-state index contributed by atoms with van der Waals surface area (Å²) in [4.78, 5) is 23.8. The molecule has 0 radical (unpaired) electrons. The van der Waals surface area contributed by atoms with Gasteiger partial charge in [0.05, 0.1) is 0 Å². The highest BCUT2D eigenvalue weighted by Gasteiger charge is 2.19. The maximum Gasteiger partial charge on any atom is 0.323 e. The molecule has 0 unspecified atom stereocenters. The van der Waals surface area contributed by atoms with E-state index in [1.807, 2.05) is 0 Å². The minimum absolute atomic E-state index is 0.272. The minimum atomic E-state index is -1.10. The number of carboxylic acid groups (broad SMARTS) is 1. The molecule has 0 spiro atoms. The van der Waals surface area contributed by atoms with Crippen LogP contribution >= 0.6 is 0 Å². The molecule has 0 aromatic heterocycles. The summed E-state index contributed by atoms with van der Waals surface area (Å²) in [7, 11) is 0. The van der Waals surface area contributed by atoms with Crippen molar-refractivity contribution in [3.05, 3.63) is 29.6 Å². The van der Waals surface area contributed by atoms with E-state index in [0.29, 0.717) is 11.3 Å². The third-order valence-electron chi connectivity index (χ3n) is 2.61. The molecule has 0 fully saturated rings. The Bertz CT molecular complexity index is 489. The lowest BCUT2D eigenvalue weighted by atomic mass is 10.2. The summed E-state index contributed by atoms with van der Waals surface area (Å²) in [5.74, 6) is -1.52. The molecule has 5 nitrogen and oxygen atoms in total. The number of carbonyl (C=O) groups is 2. The Kier molecular flexibility index (Phi) is 4.86. The van der Waals surface area contributed by atoms with Crippen molar-refractivity contribution < 1.29 is 19.1 Å². The van der Waals surface area contributed by atoms with Crippen LogP contribution < -0.4 is 5.32 Å². The van der Waals surface area contributed by atoms with Crippen LogP contribution in [0.1, 0.15) is 19.4 Å². The summed E-state index contributed by atoms with van der Waals surface area (Å²) in [6.45, 7) is 4.63. The van der Waals surface area contributed by atoms with E-state index in [9.17, 15) is 14.0 Å². The van der Waals surface area contributed by atoms with Crippen LogP contribution in [0.3, 0.4) is 0 Å². The van der Waals surface area contributed by atoms with Crippen molar-refractivity contribution in [3.8, 4) is 0 Å². The molecule has 19 heavy (non-hydrogen) atoms. The van der Waals surface area contributed by atoms with E-state index in [2.05, 4.69) is 5.32 Å². The standard InChI is InChI=1S/C13H17FN2O3/c1-8(2)16(7-12(17)18)13(19)15-10-5-4-9(3)11(14)6-10/h4-6,8H,7H2,1-3H3,(H,15,19)(H,17,18). The normalized spacial score (nSPS) is 10.4. The van der Waals surface area contributed by atoms with Gasteiger partial charge >= 0.3 is 12.0 Å². The lowest BCUT2D eigenvalue weighted by Crippen LogP contribution is -2.43. The molecule has 1 rings (SSSR count). The minimum Gasteiger partial charge on any atom is -0.480 e. The van der Waals surface area contributed by atoms with Gasteiger partial charge in [0.25, 0.3) is 0 Å². The van der Waals surface area contributed by atoms with Crippen LogP contribution in [-0.4, -0.2) is 34.6 Å². The highest BCUT2D eigenvalue weighted by atomic mass is 19.1. The number of halogens is 1. The average molecular weight is 268 g/mol. The molecular weight excluding hydrogens is 251 g/mol. The molecular formula is C13H17FN2O3. The van der Waals surface area contributed by atoms with Gasteiger partial charge in [0, 0.05) is 11.7 Å². The lowest BCUT2D eigenvalue weighted by Gasteiger charge is -2.25. The lowest BCUT2D eigenvalue weighted by molar-refractivity contribution is -0.137. The molecule has 2 N–H and O–H groups in total. The van der Waals surface area contributed by atoms with Gasteiger partial charge in [-0.15, -0.1) is 0 Å². The molecule has 0 atom stereocenters. The van der Waals surface area contributed by atoms with E-state index in [-0.39, 0.29) is 6.04 Å². The van der Waals surface area contributed by atoms with Gasteiger partial charge in [0.2, 0.25) is 0 Å². The Morgan fingerprint density at radius 3 is 2.53 bits per heavy atom. The summed E-state index contributed by atoms with van der Waals surface area (Å²) >= 11 is 0. The van der Waals surface area contributed by atoms with Gasteiger partial charge in [0.1, 0.15) is 12.4 Å². The van der Waals surface area contributed by atoms with Gasteiger partial charge in [-0.25, -0.2) is 9.18 Å². The van der Waals surface area contributed by atoms with Crippen molar-refractivity contribution in [1.29, 1.82) is 0 Å².